The largest absolute Gasteiger partial charge is 0.447 e. The summed E-state index contributed by atoms with van der Waals surface area (Å²) in [6, 6.07) is 2.89. The van der Waals surface area contributed by atoms with Gasteiger partial charge in [0.25, 0.3) is 10.0 Å². The first-order chi connectivity index (χ1) is 7.02. The van der Waals surface area contributed by atoms with E-state index in [2.05, 4.69) is 5.92 Å². The van der Waals surface area contributed by atoms with Crippen molar-refractivity contribution in [2.24, 2.45) is 5.73 Å². The van der Waals surface area contributed by atoms with Gasteiger partial charge in [-0.15, -0.1) is 6.42 Å². The van der Waals surface area contributed by atoms with Crippen LogP contribution >= 0.6 is 0 Å². The van der Waals surface area contributed by atoms with E-state index < -0.39 is 10.0 Å². The van der Waals surface area contributed by atoms with E-state index in [1.54, 1.807) is 0 Å². The Morgan fingerprint density at radius 1 is 1.60 bits per heavy atom. The number of terminal acetylenes is 1. The molecule has 0 aliphatic carbocycles. The van der Waals surface area contributed by atoms with Crippen LogP contribution in [0.15, 0.2) is 21.6 Å². The van der Waals surface area contributed by atoms with Crippen LogP contribution in [-0.2, 0) is 16.6 Å². The Labute approximate surface area is 88.9 Å². The minimum absolute atomic E-state index is 0.000984. The van der Waals surface area contributed by atoms with Crippen molar-refractivity contribution in [1.82, 2.24) is 4.31 Å². The molecule has 0 bridgehead atoms. The molecule has 1 aromatic heterocycles. The van der Waals surface area contributed by atoms with Crippen LogP contribution in [0.2, 0.25) is 0 Å². The predicted molar refractivity (Wildman–Crippen MR) is 55.2 cm³/mol. The summed E-state index contributed by atoms with van der Waals surface area (Å²) in [6.07, 6.45) is 5.03. The van der Waals surface area contributed by atoms with Gasteiger partial charge >= 0.3 is 0 Å². The molecule has 0 atom stereocenters. The number of rotatable bonds is 4. The van der Waals surface area contributed by atoms with Crippen LogP contribution in [0.3, 0.4) is 0 Å². The van der Waals surface area contributed by atoms with Crippen LogP contribution in [0.1, 0.15) is 5.76 Å². The van der Waals surface area contributed by atoms with Gasteiger partial charge < -0.3 is 10.2 Å². The first kappa shape index (κ1) is 11.8. The number of sulfonamides is 1. The molecule has 6 heteroatoms. The Morgan fingerprint density at radius 3 is 2.73 bits per heavy atom. The molecule has 0 amide bonds. The highest BCUT2D eigenvalue weighted by molar-refractivity contribution is 7.89. The highest BCUT2D eigenvalue weighted by atomic mass is 32.2. The van der Waals surface area contributed by atoms with Gasteiger partial charge in [0, 0.05) is 7.05 Å². The normalized spacial score (nSPS) is 11.6. The standard InChI is InChI=1S/C9H12N2O3S/c1-3-6-11(2)15(12,13)9-5-4-8(7-10)14-9/h1,4-5H,6-7,10H2,2H3. The second kappa shape index (κ2) is 4.49. The van der Waals surface area contributed by atoms with Crippen molar-refractivity contribution in [2.75, 3.05) is 13.6 Å². The lowest BCUT2D eigenvalue weighted by atomic mass is 10.5. The first-order valence-corrected chi connectivity index (χ1v) is 5.65. The Kier molecular flexibility index (Phi) is 3.52. The first-order valence-electron chi connectivity index (χ1n) is 4.21. The van der Waals surface area contributed by atoms with E-state index in [1.165, 1.54) is 19.2 Å². The number of nitrogens with zero attached hydrogens (tertiary/aromatic N) is 1. The summed E-state index contributed by atoms with van der Waals surface area (Å²) in [6.45, 7) is 0.162. The maximum Gasteiger partial charge on any atom is 0.277 e. The third-order valence-corrected chi connectivity index (χ3v) is 3.49. The fourth-order valence-electron chi connectivity index (χ4n) is 0.974. The fourth-order valence-corrected chi connectivity index (χ4v) is 1.98. The second-order valence-corrected chi connectivity index (χ2v) is 4.87. The lowest BCUT2D eigenvalue weighted by Crippen LogP contribution is -2.26. The topological polar surface area (TPSA) is 76.5 Å². The zero-order valence-electron chi connectivity index (χ0n) is 8.30. The maximum absolute atomic E-state index is 11.7. The van der Waals surface area contributed by atoms with Crippen molar-refractivity contribution in [1.29, 1.82) is 0 Å². The zero-order valence-corrected chi connectivity index (χ0v) is 9.12. The molecule has 1 rings (SSSR count). The molecule has 1 aromatic rings. The van der Waals surface area contributed by atoms with Crippen LogP contribution in [0.25, 0.3) is 0 Å². The van der Waals surface area contributed by atoms with Crippen LogP contribution in [0.4, 0.5) is 0 Å². The summed E-state index contributed by atoms with van der Waals surface area (Å²) < 4.78 is 29.6. The molecule has 1 heterocycles. The summed E-state index contributed by atoms with van der Waals surface area (Å²) in [5.74, 6) is 2.66. The molecule has 0 saturated carbocycles. The fraction of sp³-hybridized carbons (Fsp3) is 0.333. The Balaban J connectivity index is 3.01. The predicted octanol–water partition coefficient (Wildman–Crippen LogP) is -0.00800. The molecule has 5 nitrogen and oxygen atoms in total. The smallest absolute Gasteiger partial charge is 0.277 e. The number of hydrogen-bond donors (Lipinski definition) is 1. The lowest BCUT2D eigenvalue weighted by molar-refractivity contribution is 0.396. The van der Waals surface area contributed by atoms with E-state index in [0.717, 1.165) is 4.31 Å². The number of nitrogens with two attached hydrogens (primary N) is 1. The van der Waals surface area contributed by atoms with Crippen molar-refractivity contribution >= 4 is 10.0 Å². The van der Waals surface area contributed by atoms with Crippen LogP contribution in [0, 0.1) is 12.3 Å². The molecule has 82 valence electrons. The van der Waals surface area contributed by atoms with Gasteiger partial charge in [-0.1, -0.05) is 5.92 Å². The van der Waals surface area contributed by atoms with E-state index in [0.29, 0.717) is 5.76 Å². The minimum atomic E-state index is -3.62. The highest BCUT2D eigenvalue weighted by Crippen LogP contribution is 2.16. The van der Waals surface area contributed by atoms with Crippen molar-refractivity contribution in [2.45, 2.75) is 11.6 Å². The summed E-state index contributed by atoms with van der Waals surface area (Å²) in [5, 5.41) is -0.138. The van der Waals surface area contributed by atoms with E-state index in [4.69, 9.17) is 16.6 Å². The molecule has 0 saturated heterocycles. The maximum atomic E-state index is 11.7. The second-order valence-electron chi connectivity index (χ2n) is 2.89. The van der Waals surface area contributed by atoms with Gasteiger partial charge in [0.05, 0.1) is 13.1 Å². The molecule has 0 aliphatic rings. The lowest BCUT2D eigenvalue weighted by Gasteiger charge is -2.11. The van der Waals surface area contributed by atoms with Crippen LogP contribution in [0.5, 0.6) is 0 Å². The number of furan rings is 1. The molecular formula is C9H12N2O3S. The molecule has 0 fully saturated rings. The Hall–Kier alpha value is -1.29. The third-order valence-electron chi connectivity index (χ3n) is 1.82. The van der Waals surface area contributed by atoms with Gasteiger partial charge in [0.1, 0.15) is 5.76 Å². The summed E-state index contributed by atoms with van der Waals surface area (Å²) in [4.78, 5) is 0. The van der Waals surface area contributed by atoms with Crippen molar-refractivity contribution < 1.29 is 12.8 Å². The van der Waals surface area contributed by atoms with E-state index in [-0.39, 0.29) is 18.2 Å². The molecule has 0 radical (unpaired) electrons. The Morgan fingerprint density at radius 2 is 2.27 bits per heavy atom. The monoisotopic (exact) mass is 228 g/mol. The third kappa shape index (κ3) is 2.39. The van der Waals surface area contributed by atoms with Gasteiger partial charge in [0.15, 0.2) is 0 Å². The molecule has 0 aliphatic heterocycles. The molecule has 15 heavy (non-hydrogen) atoms. The van der Waals surface area contributed by atoms with E-state index in [9.17, 15) is 8.42 Å². The summed E-state index contributed by atoms with van der Waals surface area (Å²) >= 11 is 0. The average Bonchev–Trinajstić information content (AvgIpc) is 2.66. The quantitative estimate of drug-likeness (QED) is 0.735. The molecule has 0 unspecified atom stereocenters. The number of hydrogen-bond acceptors (Lipinski definition) is 4. The van der Waals surface area contributed by atoms with Crippen molar-refractivity contribution in [3.63, 3.8) is 0 Å². The van der Waals surface area contributed by atoms with Crippen molar-refractivity contribution in [3.05, 3.63) is 17.9 Å². The van der Waals surface area contributed by atoms with Gasteiger partial charge in [-0.2, -0.15) is 4.31 Å². The molecule has 2 N–H and O–H groups in total. The SMILES string of the molecule is C#CCN(C)S(=O)(=O)c1ccc(CN)o1. The van der Waals surface area contributed by atoms with Crippen LogP contribution in [-0.4, -0.2) is 26.3 Å². The van der Waals surface area contributed by atoms with Gasteiger partial charge in [-0.25, -0.2) is 8.42 Å². The van der Waals surface area contributed by atoms with E-state index in [1.807, 2.05) is 0 Å². The Bertz CT molecular complexity index is 470. The summed E-state index contributed by atoms with van der Waals surface area (Å²) in [5.41, 5.74) is 5.31. The molecule has 0 spiro atoms. The van der Waals surface area contributed by atoms with Crippen LogP contribution < -0.4 is 5.73 Å². The van der Waals surface area contributed by atoms with E-state index >= 15 is 0 Å². The van der Waals surface area contributed by atoms with Gasteiger partial charge in [-0.3, -0.25) is 0 Å². The van der Waals surface area contributed by atoms with Gasteiger partial charge in [0.2, 0.25) is 5.09 Å². The minimum Gasteiger partial charge on any atom is -0.447 e. The average molecular weight is 228 g/mol. The molecular weight excluding hydrogens is 216 g/mol. The zero-order chi connectivity index (χ0) is 11.5. The summed E-state index contributed by atoms with van der Waals surface area (Å²) in [7, 11) is -2.23. The van der Waals surface area contributed by atoms with Crippen molar-refractivity contribution in [3.8, 4) is 12.3 Å². The van der Waals surface area contributed by atoms with Gasteiger partial charge in [-0.05, 0) is 12.1 Å². The molecule has 0 aromatic carbocycles. The highest BCUT2D eigenvalue weighted by Gasteiger charge is 2.23.